The number of fused-ring (bicyclic) bond motifs is 2. The van der Waals surface area contributed by atoms with Gasteiger partial charge in [-0.3, -0.25) is 4.90 Å². The fourth-order valence-corrected chi connectivity index (χ4v) is 4.39. The molecule has 2 unspecified atom stereocenters. The first-order valence-corrected chi connectivity index (χ1v) is 9.61. The average Bonchev–Trinajstić information content (AvgIpc) is 2.63. The van der Waals surface area contributed by atoms with Crippen LogP contribution in [-0.2, 0) is 6.54 Å². The van der Waals surface area contributed by atoms with Gasteiger partial charge in [-0.1, -0.05) is 41.9 Å². The van der Waals surface area contributed by atoms with Gasteiger partial charge in [0.05, 0.1) is 0 Å². The van der Waals surface area contributed by atoms with Crippen LogP contribution in [0.5, 0.6) is 0 Å². The van der Waals surface area contributed by atoms with E-state index in [0.29, 0.717) is 16.9 Å². The van der Waals surface area contributed by atoms with Crippen LogP contribution in [0.15, 0.2) is 54.6 Å². The lowest BCUT2D eigenvalue weighted by molar-refractivity contribution is 0.0456. The van der Waals surface area contributed by atoms with E-state index in [2.05, 4.69) is 40.5 Å². The van der Waals surface area contributed by atoms with Crippen LogP contribution in [-0.4, -0.2) is 42.0 Å². The molecule has 2 atom stereocenters. The van der Waals surface area contributed by atoms with Crippen LogP contribution >= 0.6 is 11.6 Å². The Morgan fingerprint density at radius 3 is 2.27 bits per heavy atom. The number of rotatable bonds is 3. The van der Waals surface area contributed by atoms with E-state index in [0.717, 1.165) is 38.4 Å². The fraction of sp³-hybridized carbons (Fsp3) is 0.381. The summed E-state index contributed by atoms with van der Waals surface area (Å²) in [4.78, 5) is 17.1. The number of benzene rings is 2. The average molecular weight is 370 g/mol. The molecule has 2 amide bonds. The summed E-state index contributed by atoms with van der Waals surface area (Å²) in [5.74, 6) is 1.12. The molecule has 2 aromatic carbocycles. The van der Waals surface area contributed by atoms with Gasteiger partial charge in [-0.15, -0.1) is 0 Å². The van der Waals surface area contributed by atoms with Gasteiger partial charge in [0.25, 0.3) is 0 Å². The highest BCUT2D eigenvalue weighted by molar-refractivity contribution is 6.30. The number of urea groups is 1. The molecule has 5 heteroatoms. The van der Waals surface area contributed by atoms with Crippen molar-refractivity contribution in [3.05, 3.63) is 65.2 Å². The van der Waals surface area contributed by atoms with Gasteiger partial charge in [0, 0.05) is 43.4 Å². The highest BCUT2D eigenvalue weighted by Crippen LogP contribution is 2.30. The van der Waals surface area contributed by atoms with Crippen molar-refractivity contribution in [3.63, 3.8) is 0 Å². The Morgan fingerprint density at radius 2 is 1.62 bits per heavy atom. The van der Waals surface area contributed by atoms with Gasteiger partial charge in [0.1, 0.15) is 0 Å². The molecule has 2 fully saturated rings. The Kier molecular flexibility index (Phi) is 5.14. The molecular formula is C21H24ClN3O. The van der Waals surface area contributed by atoms with Crippen molar-refractivity contribution in [2.45, 2.75) is 13.0 Å². The zero-order valence-corrected chi connectivity index (χ0v) is 15.5. The maximum atomic E-state index is 12.6. The smallest absolute Gasteiger partial charge is 0.321 e. The van der Waals surface area contributed by atoms with Gasteiger partial charge in [-0.2, -0.15) is 0 Å². The Balaban J connectivity index is 1.34. The van der Waals surface area contributed by atoms with Crippen molar-refractivity contribution < 1.29 is 4.79 Å². The summed E-state index contributed by atoms with van der Waals surface area (Å²) in [7, 11) is 0. The minimum Gasteiger partial charge on any atom is -0.324 e. The molecule has 0 radical (unpaired) electrons. The number of halogens is 1. The molecule has 2 heterocycles. The third-order valence-electron chi connectivity index (χ3n) is 5.29. The predicted octanol–water partition coefficient (Wildman–Crippen LogP) is 4.33. The van der Waals surface area contributed by atoms with E-state index in [4.69, 9.17) is 11.6 Å². The van der Waals surface area contributed by atoms with Gasteiger partial charge in [0.15, 0.2) is 0 Å². The van der Waals surface area contributed by atoms with E-state index in [1.54, 1.807) is 12.1 Å². The summed E-state index contributed by atoms with van der Waals surface area (Å²) in [6.07, 6.45) is 1.23. The SMILES string of the molecule is O=C(Nc1ccc(Cl)cc1)N1CC2CC(CN(Cc3ccccc3)C2)C1. The highest BCUT2D eigenvalue weighted by atomic mass is 35.5. The topological polar surface area (TPSA) is 35.6 Å². The Labute approximate surface area is 159 Å². The number of anilines is 1. The van der Waals surface area contributed by atoms with Crippen molar-refractivity contribution in [1.82, 2.24) is 9.80 Å². The fourth-order valence-electron chi connectivity index (χ4n) is 4.26. The second-order valence-corrected chi connectivity index (χ2v) is 7.93. The van der Waals surface area contributed by atoms with Crippen LogP contribution in [0, 0.1) is 11.8 Å². The standard InChI is InChI=1S/C21H24ClN3O/c22-19-6-8-20(9-7-19)23-21(26)25-14-17-10-18(15-25)13-24(12-17)11-16-4-2-1-3-5-16/h1-9,17-18H,10-15H2,(H,23,26). The molecule has 0 aliphatic carbocycles. The number of amides is 2. The molecule has 2 saturated heterocycles. The van der Waals surface area contributed by atoms with Crippen LogP contribution in [0.4, 0.5) is 10.5 Å². The Hall–Kier alpha value is -2.04. The zero-order chi connectivity index (χ0) is 17.9. The predicted molar refractivity (Wildman–Crippen MR) is 105 cm³/mol. The van der Waals surface area contributed by atoms with Crippen molar-refractivity contribution in [1.29, 1.82) is 0 Å². The molecule has 2 aliphatic heterocycles. The maximum absolute atomic E-state index is 12.6. The van der Waals surface area contributed by atoms with E-state index < -0.39 is 0 Å². The molecule has 0 spiro atoms. The van der Waals surface area contributed by atoms with Crippen molar-refractivity contribution >= 4 is 23.3 Å². The van der Waals surface area contributed by atoms with Gasteiger partial charge < -0.3 is 10.2 Å². The summed E-state index contributed by atoms with van der Waals surface area (Å²) in [6, 6.07) is 17.9. The quantitative estimate of drug-likeness (QED) is 0.874. The molecule has 2 aliphatic rings. The molecule has 2 aromatic rings. The second-order valence-electron chi connectivity index (χ2n) is 7.49. The van der Waals surface area contributed by atoms with E-state index in [9.17, 15) is 4.79 Å². The number of nitrogens with one attached hydrogen (secondary N) is 1. The summed E-state index contributed by atoms with van der Waals surface area (Å²) in [5.41, 5.74) is 2.16. The number of carbonyl (C=O) groups excluding carboxylic acids is 1. The van der Waals surface area contributed by atoms with E-state index in [1.165, 1.54) is 12.0 Å². The van der Waals surface area contributed by atoms with Gasteiger partial charge in [-0.25, -0.2) is 4.79 Å². The summed E-state index contributed by atoms with van der Waals surface area (Å²) in [6.45, 7) is 4.81. The molecule has 136 valence electrons. The number of piperidine rings is 2. The van der Waals surface area contributed by atoms with Crippen LogP contribution < -0.4 is 5.32 Å². The Bertz CT molecular complexity index is 736. The van der Waals surface area contributed by atoms with Crippen LogP contribution in [0.3, 0.4) is 0 Å². The summed E-state index contributed by atoms with van der Waals surface area (Å²) >= 11 is 5.91. The molecular weight excluding hydrogens is 346 g/mol. The largest absolute Gasteiger partial charge is 0.324 e. The van der Waals surface area contributed by atoms with Crippen LogP contribution in [0.2, 0.25) is 5.02 Å². The van der Waals surface area contributed by atoms with Crippen LogP contribution in [0.25, 0.3) is 0 Å². The lowest BCUT2D eigenvalue weighted by atomic mass is 9.84. The lowest BCUT2D eigenvalue weighted by Gasteiger charge is -2.45. The van der Waals surface area contributed by atoms with Crippen molar-refractivity contribution in [3.8, 4) is 0 Å². The molecule has 4 nitrogen and oxygen atoms in total. The van der Waals surface area contributed by atoms with E-state index in [1.807, 2.05) is 17.0 Å². The second kappa shape index (κ2) is 7.68. The highest BCUT2D eigenvalue weighted by Gasteiger charge is 2.35. The third-order valence-corrected chi connectivity index (χ3v) is 5.54. The lowest BCUT2D eigenvalue weighted by Crippen LogP contribution is -2.54. The number of likely N-dealkylation sites (tertiary alicyclic amines) is 2. The first-order chi connectivity index (χ1) is 12.7. The van der Waals surface area contributed by atoms with E-state index >= 15 is 0 Å². The molecule has 0 saturated carbocycles. The first kappa shape index (κ1) is 17.4. The zero-order valence-electron chi connectivity index (χ0n) is 14.8. The van der Waals surface area contributed by atoms with Gasteiger partial charge in [-0.05, 0) is 48.1 Å². The van der Waals surface area contributed by atoms with Crippen LogP contribution in [0.1, 0.15) is 12.0 Å². The first-order valence-electron chi connectivity index (χ1n) is 9.23. The van der Waals surface area contributed by atoms with Gasteiger partial charge >= 0.3 is 6.03 Å². The van der Waals surface area contributed by atoms with Crippen molar-refractivity contribution in [2.24, 2.45) is 11.8 Å². The Morgan fingerprint density at radius 1 is 0.962 bits per heavy atom. The number of hydrogen-bond acceptors (Lipinski definition) is 2. The molecule has 4 rings (SSSR count). The summed E-state index contributed by atoms with van der Waals surface area (Å²) in [5, 5.41) is 3.67. The molecule has 0 aromatic heterocycles. The number of hydrogen-bond donors (Lipinski definition) is 1. The third kappa shape index (κ3) is 4.19. The van der Waals surface area contributed by atoms with Gasteiger partial charge in [0.2, 0.25) is 0 Å². The minimum absolute atomic E-state index is 0.00136. The molecule has 1 N–H and O–H groups in total. The monoisotopic (exact) mass is 369 g/mol. The number of carbonyl (C=O) groups is 1. The normalized spacial score (nSPS) is 22.9. The maximum Gasteiger partial charge on any atom is 0.321 e. The molecule has 2 bridgehead atoms. The van der Waals surface area contributed by atoms with Crippen molar-refractivity contribution in [2.75, 3.05) is 31.5 Å². The molecule has 26 heavy (non-hydrogen) atoms. The summed E-state index contributed by atoms with van der Waals surface area (Å²) < 4.78 is 0. The minimum atomic E-state index is -0.00136. The number of nitrogens with zero attached hydrogens (tertiary/aromatic N) is 2. The van der Waals surface area contributed by atoms with E-state index in [-0.39, 0.29) is 6.03 Å².